The van der Waals surface area contributed by atoms with Gasteiger partial charge in [-0.3, -0.25) is 9.59 Å². The number of hydrogen-bond acceptors (Lipinski definition) is 4. The number of amides is 1. The Hall–Kier alpha value is -2.73. The lowest BCUT2D eigenvalue weighted by molar-refractivity contribution is -0.128. The molecule has 1 N–H and O–H groups in total. The average molecular weight is 345 g/mol. The van der Waals surface area contributed by atoms with Gasteiger partial charge in [0.2, 0.25) is 0 Å². The van der Waals surface area contributed by atoms with E-state index in [0.717, 1.165) is 17.7 Å². The first-order valence-electron chi connectivity index (χ1n) is 7.81. The molecule has 0 bridgehead atoms. The van der Waals surface area contributed by atoms with Crippen LogP contribution in [0.5, 0.6) is 5.75 Å². The van der Waals surface area contributed by atoms with E-state index in [4.69, 9.17) is 4.74 Å². The number of carbonyl (C=O) groups excluding carboxylic acids is 2. The first-order chi connectivity index (χ1) is 11.9. The molecule has 1 amide bonds. The van der Waals surface area contributed by atoms with E-state index in [1.54, 1.807) is 0 Å². The van der Waals surface area contributed by atoms with Crippen LogP contribution in [-0.4, -0.2) is 41.5 Å². The largest absolute Gasteiger partial charge is 0.496 e. The van der Waals surface area contributed by atoms with Gasteiger partial charge in [-0.05, 0) is 30.7 Å². The van der Waals surface area contributed by atoms with Gasteiger partial charge in [-0.25, -0.2) is 4.39 Å². The van der Waals surface area contributed by atoms with Gasteiger partial charge in [-0.1, -0.05) is 30.3 Å². The molecule has 0 fully saturated rings. The van der Waals surface area contributed by atoms with Gasteiger partial charge in [-0.15, -0.1) is 0 Å². The highest BCUT2D eigenvalue weighted by Crippen LogP contribution is 2.21. The quantitative estimate of drug-likeness (QED) is 0.618. The van der Waals surface area contributed by atoms with Crippen LogP contribution in [0, 0.1) is 5.82 Å². The van der Waals surface area contributed by atoms with E-state index in [0.29, 0.717) is 0 Å². The van der Waals surface area contributed by atoms with Crippen LogP contribution in [0.1, 0.15) is 22.8 Å². The molecular formula is C19H20FNO4. The molecule has 0 aliphatic rings. The van der Waals surface area contributed by atoms with Crippen molar-refractivity contribution in [3.63, 3.8) is 0 Å². The van der Waals surface area contributed by atoms with Crippen molar-refractivity contribution in [2.24, 2.45) is 0 Å². The van der Waals surface area contributed by atoms with Crippen LogP contribution in [0.25, 0.3) is 0 Å². The number of carbonyl (C=O) groups is 2. The van der Waals surface area contributed by atoms with Gasteiger partial charge in [0.1, 0.15) is 11.6 Å². The molecule has 0 aromatic heterocycles. The lowest BCUT2D eigenvalue weighted by Gasteiger charge is -2.24. The number of aliphatic hydroxyl groups is 1. The number of Topliss-reactive ketones (excluding diaryl/α,β-unsaturated/α-hetero) is 1. The minimum Gasteiger partial charge on any atom is -0.496 e. The molecule has 132 valence electrons. The number of rotatable bonds is 7. The number of nitrogens with zero attached hydrogens (tertiary/aromatic N) is 1. The maximum Gasteiger partial charge on any atom is 0.295 e. The number of aliphatic hydroxyl groups excluding tert-OH is 1. The molecule has 6 heteroatoms. The summed E-state index contributed by atoms with van der Waals surface area (Å²) in [6.07, 6.45) is -0.810. The van der Waals surface area contributed by atoms with E-state index >= 15 is 0 Å². The first-order valence-corrected chi connectivity index (χ1v) is 7.81. The Kier molecular flexibility index (Phi) is 6.25. The second-order valence-corrected chi connectivity index (χ2v) is 5.69. The zero-order chi connectivity index (χ0) is 18.4. The fraction of sp³-hybridized carbons (Fsp3) is 0.263. The molecule has 0 aliphatic carbocycles. The number of methoxy groups -OCH3 is 1. The van der Waals surface area contributed by atoms with Crippen molar-refractivity contribution in [1.29, 1.82) is 0 Å². The number of halogens is 1. The summed E-state index contributed by atoms with van der Waals surface area (Å²) in [6.45, 7) is 1.67. The van der Waals surface area contributed by atoms with E-state index in [-0.39, 0.29) is 24.4 Å². The van der Waals surface area contributed by atoms with E-state index < -0.39 is 23.6 Å². The Labute approximate surface area is 145 Å². The summed E-state index contributed by atoms with van der Waals surface area (Å²) in [5.74, 6) is -2.22. The first kappa shape index (κ1) is 18.6. The van der Waals surface area contributed by atoms with Crippen LogP contribution in [0.15, 0.2) is 48.5 Å². The molecule has 0 saturated carbocycles. The summed E-state index contributed by atoms with van der Waals surface area (Å²) in [6, 6.07) is 12.5. The van der Waals surface area contributed by atoms with E-state index in [9.17, 15) is 19.1 Å². The fourth-order valence-corrected chi connectivity index (χ4v) is 2.46. The molecule has 0 aliphatic heterocycles. The van der Waals surface area contributed by atoms with Crippen LogP contribution in [0.4, 0.5) is 4.39 Å². The maximum atomic E-state index is 13.5. The van der Waals surface area contributed by atoms with Crippen LogP contribution in [-0.2, 0) is 11.3 Å². The van der Waals surface area contributed by atoms with Gasteiger partial charge in [0, 0.05) is 13.1 Å². The summed E-state index contributed by atoms with van der Waals surface area (Å²) in [4.78, 5) is 26.5. The summed E-state index contributed by atoms with van der Waals surface area (Å²) >= 11 is 0. The predicted octanol–water partition coefficient (Wildman–Crippen LogP) is 2.43. The molecule has 1 atom stereocenters. The van der Waals surface area contributed by atoms with Gasteiger partial charge in [0.15, 0.2) is 0 Å². The van der Waals surface area contributed by atoms with Crippen molar-refractivity contribution in [1.82, 2.24) is 4.90 Å². The summed E-state index contributed by atoms with van der Waals surface area (Å²) in [5.41, 5.74) is 0.673. The van der Waals surface area contributed by atoms with Crippen molar-refractivity contribution in [2.45, 2.75) is 19.6 Å². The van der Waals surface area contributed by atoms with Crippen LogP contribution in [0.3, 0.4) is 0 Å². The predicted molar refractivity (Wildman–Crippen MR) is 90.8 cm³/mol. The molecule has 2 aromatic rings. The minimum absolute atomic E-state index is 0.0168. The minimum atomic E-state index is -0.882. The molecule has 0 spiro atoms. The third-order valence-electron chi connectivity index (χ3n) is 3.59. The number of benzene rings is 2. The number of hydrogen-bond donors (Lipinski definition) is 1. The van der Waals surface area contributed by atoms with Crippen molar-refractivity contribution in [2.75, 3.05) is 13.7 Å². The van der Waals surface area contributed by atoms with E-state index in [2.05, 4.69) is 0 Å². The van der Waals surface area contributed by atoms with E-state index in [1.807, 2.05) is 30.3 Å². The smallest absolute Gasteiger partial charge is 0.295 e. The van der Waals surface area contributed by atoms with Gasteiger partial charge >= 0.3 is 0 Å². The molecule has 0 heterocycles. The Morgan fingerprint density at radius 3 is 2.48 bits per heavy atom. The molecular weight excluding hydrogens is 325 g/mol. The highest BCUT2D eigenvalue weighted by molar-refractivity contribution is 6.43. The zero-order valence-electron chi connectivity index (χ0n) is 14.1. The number of ether oxygens (including phenoxy) is 1. The Morgan fingerprint density at radius 2 is 1.88 bits per heavy atom. The molecule has 2 rings (SSSR count). The van der Waals surface area contributed by atoms with E-state index in [1.165, 1.54) is 25.0 Å². The molecule has 0 radical (unpaired) electrons. The SMILES string of the molecule is COc1ccc(F)cc1C(=O)C(=O)N(Cc1ccccc1)CC(C)O. The average Bonchev–Trinajstić information content (AvgIpc) is 2.60. The van der Waals surface area contributed by atoms with Crippen molar-refractivity contribution in [3.8, 4) is 5.75 Å². The van der Waals surface area contributed by atoms with Crippen molar-refractivity contribution >= 4 is 11.7 Å². The fourth-order valence-electron chi connectivity index (χ4n) is 2.46. The standard InChI is InChI=1S/C19H20FNO4/c1-13(22)11-21(12-14-6-4-3-5-7-14)19(24)18(23)16-10-15(20)8-9-17(16)25-2/h3-10,13,22H,11-12H2,1-2H3. The second-order valence-electron chi connectivity index (χ2n) is 5.69. The zero-order valence-corrected chi connectivity index (χ0v) is 14.1. The van der Waals surface area contributed by atoms with Crippen LogP contribution in [0.2, 0.25) is 0 Å². The Morgan fingerprint density at radius 1 is 1.20 bits per heavy atom. The Balaban J connectivity index is 2.29. The molecule has 0 saturated heterocycles. The lowest BCUT2D eigenvalue weighted by Crippen LogP contribution is -2.40. The van der Waals surface area contributed by atoms with Crippen molar-refractivity contribution in [3.05, 3.63) is 65.5 Å². The summed E-state index contributed by atoms with van der Waals surface area (Å²) in [5, 5.41) is 9.66. The number of ketones is 1. The Bertz CT molecular complexity index is 746. The molecule has 25 heavy (non-hydrogen) atoms. The molecule has 2 aromatic carbocycles. The van der Waals surface area contributed by atoms with Gasteiger partial charge < -0.3 is 14.7 Å². The normalized spacial score (nSPS) is 11.7. The van der Waals surface area contributed by atoms with Gasteiger partial charge in [0.25, 0.3) is 11.7 Å². The molecule has 5 nitrogen and oxygen atoms in total. The van der Waals surface area contributed by atoms with Crippen LogP contribution >= 0.6 is 0 Å². The van der Waals surface area contributed by atoms with Gasteiger partial charge in [0.05, 0.1) is 18.8 Å². The van der Waals surface area contributed by atoms with Crippen molar-refractivity contribution < 1.29 is 23.8 Å². The third kappa shape index (κ3) is 4.87. The summed E-state index contributed by atoms with van der Waals surface area (Å²) < 4.78 is 18.5. The molecule has 1 unspecified atom stereocenters. The highest BCUT2D eigenvalue weighted by atomic mass is 19.1. The maximum absolute atomic E-state index is 13.5. The second kappa shape index (κ2) is 8.39. The third-order valence-corrected chi connectivity index (χ3v) is 3.59. The monoisotopic (exact) mass is 345 g/mol. The lowest BCUT2D eigenvalue weighted by atomic mass is 10.1. The highest BCUT2D eigenvalue weighted by Gasteiger charge is 2.27. The van der Waals surface area contributed by atoms with Gasteiger partial charge in [-0.2, -0.15) is 0 Å². The topological polar surface area (TPSA) is 66.8 Å². The summed E-state index contributed by atoms with van der Waals surface area (Å²) in [7, 11) is 1.34. The van der Waals surface area contributed by atoms with Crippen LogP contribution < -0.4 is 4.74 Å².